The van der Waals surface area contributed by atoms with Gasteiger partial charge in [-0.2, -0.15) is 0 Å². The van der Waals surface area contributed by atoms with Gasteiger partial charge in [0.05, 0.1) is 0 Å². The molecule has 0 saturated carbocycles. The van der Waals surface area contributed by atoms with E-state index in [0.717, 1.165) is 24.7 Å². The summed E-state index contributed by atoms with van der Waals surface area (Å²) in [7, 11) is 0. The lowest BCUT2D eigenvalue weighted by Gasteiger charge is -1.95. The van der Waals surface area contributed by atoms with Crippen molar-refractivity contribution in [1.82, 2.24) is 19.5 Å². The lowest BCUT2D eigenvalue weighted by molar-refractivity contribution is 0.825. The van der Waals surface area contributed by atoms with Crippen LogP contribution >= 0.6 is 0 Å². The monoisotopic (exact) mass is 176 g/mol. The van der Waals surface area contributed by atoms with Gasteiger partial charge in [0.1, 0.15) is 6.33 Å². The largest absolute Gasteiger partial charge is 0.382 e. The molecule has 13 heavy (non-hydrogen) atoms. The zero-order valence-corrected chi connectivity index (χ0v) is 6.86. The van der Waals surface area contributed by atoms with Crippen molar-refractivity contribution in [2.45, 2.75) is 6.54 Å². The van der Waals surface area contributed by atoms with Crippen molar-refractivity contribution in [2.24, 2.45) is 0 Å². The molecule has 66 valence electrons. The zero-order chi connectivity index (χ0) is 8.84. The highest BCUT2D eigenvalue weighted by molar-refractivity contribution is 5.84. The molecule has 6 nitrogen and oxygen atoms in total. The number of aromatic nitrogens is 4. The van der Waals surface area contributed by atoms with Gasteiger partial charge in [0.15, 0.2) is 17.0 Å². The fourth-order valence-electron chi connectivity index (χ4n) is 1.58. The molecule has 0 aromatic carbocycles. The zero-order valence-electron chi connectivity index (χ0n) is 6.86. The lowest BCUT2D eigenvalue weighted by atomic mass is 10.5. The molecule has 0 atom stereocenters. The van der Waals surface area contributed by atoms with E-state index in [4.69, 9.17) is 5.73 Å². The Morgan fingerprint density at radius 1 is 1.46 bits per heavy atom. The number of imidazole rings is 1. The standard InChI is InChI=1S/C7H8N6/c8-5-4-6(11-3-10-5)13-2-1-9-7(13)12-4/h3H,1-2H2,(H,9,12)(H2,8,10,11). The Bertz CT molecular complexity index is 473. The summed E-state index contributed by atoms with van der Waals surface area (Å²) in [4.78, 5) is 12.3. The third-order valence-corrected chi connectivity index (χ3v) is 2.18. The van der Waals surface area contributed by atoms with Crippen molar-refractivity contribution < 1.29 is 0 Å². The quantitative estimate of drug-likeness (QED) is 0.582. The second kappa shape index (κ2) is 2.09. The summed E-state index contributed by atoms with van der Waals surface area (Å²) in [5.41, 5.74) is 7.16. The van der Waals surface area contributed by atoms with Crippen LogP contribution in [0.4, 0.5) is 11.8 Å². The average molecular weight is 176 g/mol. The van der Waals surface area contributed by atoms with Crippen LogP contribution in [-0.2, 0) is 6.54 Å². The number of rotatable bonds is 0. The van der Waals surface area contributed by atoms with E-state index in [2.05, 4.69) is 20.3 Å². The summed E-state index contributed by atoms with van der Waals surface area (Å²) >= 11 is 0. The van der Waals surface area contributed by atoms with E-state index in [1.54, 1.807) is 0 Å². The maximum Gasteiger partial charge on any atom is 0.205 e. The van der Waals surface area contributed by atoms with Crippen LogP contribution in [0.5, 0.6) is 0 Å². The Morgan fingerprint density at radius 2 is 2.38 bits per heavy atom. The van der Waals surface area contributed by atoms with E-state index < -0.39 is 0 Å². The number of hydrogen-bond acceptors (Lipinski definition) is 5. The van der Waals surface area contributed by atoms with Gasteiger partial charge < -0.3 is 11.1 Å². The smallest absolute Gasteiger partial charge is 0.205 e. The maximum atomic E-state index is 5.66. The highest BCUT2D eigenvalue weighted by Crippen LogP contribution is 2.23. The molecule has 0 unspecified atom stereocenters. The molecule has 1 aliphatic rings. The second-order valence-electron chi connectivity index (χ2n) is 2.94. The summed E-state index contributed by atoms with van der Waals surface area (Å²) in [6.45, 7) is 1.80. The van der Waals surface area contributed by atoms with Gasteiger partial charge in [0.25, 0.3) is 0 Å². The van der Waals surface area contributed by atoms with Crippen LogP contribution < -0.4 is 11.1 Å². The number of nitrogen functional groups attached to an aromatic ring is 1. The highest BCUT2D eigenvalue weighted by Gasteiger charge is 2.17. The first-order valence-electron chi connectivity index (χ1n) is 4.07. The summed E-state index contributed by atoms with van der Waals surface area (Å²) in [6, 6.07) is 0. The number of nitrogens with two attached hydrogens (primary N) is 1. The predicted molar refractivity (Wildman–Crippen MR) is 48.2 cm³/mol. The molecule has 6 heteroatoms. The number of anilines is 2. The molecular weight excluding hydrogens is 168 g/mol. The van der Waals surface area contributed by atoms with E-state index in [1.807, 2.05) is 4.57 Å². The van der Waals surface area contributed by atoms with Crippen LogP contribution in [0.25, 0.3) is 11.2 Å². The highest BCUT2D eigenvalue weighted by atomic mass is 15.3. The van der Waals surface area contributed by atoms with Gasteiger partial charge >= 0.3 is 0 Å². The first-order valence-corrected chi connectivity index (χ1v) is 4.07. The minimum atomic E-state index is 0.439. The molecule has 3 rings (SSSR count). The van der Waals surface area contributed by atoms with Crippen LogP contribution in [0.2, 0.25) is 0 Å². The summed E-state index contributed by atoms with van der Waals surface area (Å²) in [6.07, 6.45) is 1.46. The number of hydrogen-bond donors (Lipinski definition) is 2. The van der Waals surface area contributed by atoms with Gasteiger partial charge in [-0.25, -0.2) is 15.0 Å². The number of nitrogens with zero attached hydrogens (tertiary/aromatic N) is 4. The Kier molecular flexibility index (Phi) is 1.07. The van der Waals surface area contributed by atoms with Crippen molar-refractivity contribution in [3.05, 3.63) is 6.33 Å². The molecule has 0 bridgehead atoms. The molecule has 0 amide bonds. The van der Waals surface area contributed by atoms with Gasteiger partial charge in [-0.3, -0.25) is 4.57 Å². The van der Waals surface area contributed by atoms with E-state index in [-0.39, 0.29) is 0 Å². The van der Waals surface area contributed by atoms with E-state index in [0.29, 0.717) is 11.3 Å². The van der Waals surface area contributed by atoms with Crippen molar-refractivity contribution in [1.29, 1.82) is 0 Å². The lowest BCUT2D eigenvalue weighted by Crippen LogP contribution is -1.99. The topological polar surface area (TPSA) is 81.7 Å². The molecule has 0 fully saturated rings. The fraction of sp³-hybridized carbons (Fsp3) is 0.286. The van der Waals surface area contributed by atoms with Crippen LogP contribution in [0, 0.1) is 0 Å². The Labute approximate surface area is 73.8 Å². The van der Waals surface area contributed by atoms with Crippen LogP contribution in [0.15, 0.2) is 6.33 Å². The maximum absolute atomic E-state index is 5.66. The SMILES string of the molecule is Nc1ncnc2c1nc1n2CCN1. The predicted octanol–water partition coefficient (Wildman–Crippen LogP) is -0.166. The second-order valence-corrected chi connectivity index (χ2v) is 2.94. The van der Waals surface area contributed by atoms with Crippen molar-refractivity contribution in [2.75, 3.05) is 17.6 Å². The van der Waals surface area contributed by atoms with Crippen molar-refractivity contribution in [3.8, 4) is 0 Å². The molecule has 0 radical (unpaired) electrons. The van der Waals surface area contributed by atoms with Gasteiger partial charge in [-0.15, -0.1) is 0 Å². The fourth-order valence-corrected chi connectivity index (χ4v) is 1.58. The molecule has 0 saturated heterocycles. The van der Waals surface area contributed by atoms with Gasteiger partial charge in [0.2, 0.25) is 5.95 Å². The number of fused-ring (bicyclic) bond motifs is 3. The third kappa shape index (κ3) is 0.742. The Morgan fingerprint density at radius 3 is 3.31 bits per heavy atom. The summed E-state index contributed by atoms with van der Waals surface area (Å²) in [5.74, 6) is 1.27. The first-order chi connectivity index (χ1) is 6.36. The van der Waals surface area contributed by atoms with E-state index >= 15 is 0 Å². The average Bonchev–Trinajstić information content (AvgIpc) is 2.65. The van der Waals surface area contributed by atoms with Crippen molar-refractivity contribution >= 4 is 22.9 Å². The van der Waals surface area contributed by atoms with E-state index in [1.165, 1.54) is 6.33 Å². The van der Waals surface area contributed by atoms with Crippen LogP contribution in [0.1, 0.15) is 0 Å². The van der Waals surface area contributed by atoms with Crippen LogP contribution in [-0.4, -0.2) is 26.1 Å². The molecule has 1 aliphatic heterocycles. The van der Waals surface area contributed by atoms with E-state index in [9.17, 15) is 0 Å². The molecule has 2 aromatic heterocycles. The molecule has 0 aliphatic carbocycles. The molecular formula is C7H8N6. The molecule has 0 spiro atoms. The molecule has 3 heterocycles. The normalized spacial score (nSPS) is 14.5. The summed E-state index contributed by atoms with van der Waals surface area (Å²) < 4.78 is 2.01. The van der Waals surface area contributed by atoms with Gasteiger partial charge in [-0.1, -0.05) is 0 Å². The minimum absolute atomic E-state index is 0.439. The third-order valence-electron chi connectivity index (χ3n) is 2.18. The number of nitrogens with one attached hydrogen (secondary N) is 1. The van der Waals surface area contributed by atoms with Gasteiger partial charge in [-0.05, 0) is 0 Å². The molecule has 3 N–H and O–H groups in total. The van der Waals surface area contributed by atoms with Crippen molar-refractivity contribution in [3.63, 3.8) is 0 Å². The summed E-state index contributed by atoms with van der Waals surface area (Å²) in [5, 5.41) is 3.15. The molecule has 2 aromatic rings. The Balaban J connectivity index is 2.44. The van der Waals surface area contributed by atoms with Crippen LogP contribution in [0.3, 0.4) is 0 Å². The first kappa shape index (κ1) is 6.64. The minimum Gasteiger partial charge on any atom is -0.382 e. The Hall–Kier alpha value is -1.85. The van der Waals surface area contributed by atoms with Gasteiger partial charge in [0, 0.05) is 13.1 Å².